The van der Waals surface area contributed by atoms with Crippen molar-refractivity contribution in [3.63, 3.8) is 0 Å². The van der Waals surface area contributed by atoms with Crippen molar-refractivity contribution in [3.8, 4) is 5.75 Å². The van der Waals surface area contributed by atoms with Crippen molar-refractivity contribution in [2.75, 3.05) is 18.5 Å². The molecule has 0 spiro atoms. The van der Waals surface area contributed by atoms with Gasteiger partial charge in [-0.25, -0.2) is 0 Å². The van der Waals surface area contributed by atoms with E-state index in [4.69, 9.17) is 10.5 Å². The van der Waals surface area contributed by atoms with Crippen molar-refractivity contribution < 1.29 is 9.66 Å². The lowest BCUT2D eigenvalue weighted by Gasteiger charge is -2.22. The van der Waals surface area contributed by atoms with E-state index in [1.54, 1.807) is 18.2 Å². The Morgan fingerprint density at radius 3 is 2.65 bits per heavy atom. The van der Waals surface area contributed by atoms with Gasteiger partial charge in [0, 0.05) is 12.6 Å². The number of ether oxygens (including phenoxy) is 1. The lowest BCUT2D eigenvalue weighted by Crippen LogP contribution is -2.33. The molecule has 1 rings (SSSR count). The number of anilines is 1. The Balaban J connectivity index is 3.08. The zero-order valence-corrected chi connectivity index (χ0v) is 12.3. The molecule has 0 aromatic heterocycles. The predicted octanol–water partition coefficient (Wildman–Crippen LogP) is 2.78. The lowest BCUT2D eigenvalue weighted by atomic mass is 10.0. The van der Waals surface area contributed by atoms with Crippen LogP contribution in [0.1, 0.15) is 27.2 Å². The third-order valence-electron chi connectivity index (χ3n) is 3.04. The van der Waals surface area contributed by atoms with Gasteiger partial charge in [0.05, 0.1) is 11.5 Å². The van der Waals surface area contributed by atoms with E-state index in [1.807, 2.05) is 20.8 Å². The van der Waals surface area contributed by atoms with E-state index in [1.165, 1.54) is 0 Å². The van der Waals surface area contributed by atoms with Gasteiger partial charge in [0.1, 0.15) is 5.69 Å². The van der Waals surface area contributed by atoms with Gasteiger partial charge in [-0.3, -0.25) is 10.1 Å². The minimum atomic E-state index is -0.415. The zero-order chi connectivity index (χ0) is 15.1. The fourth-order valence-corrected chi connectivity index (χ4v) is 1.85. The maximum Gasteiger partial charge on any atom is 0.333 e. The quantitative estimate of drug-likeness (QED) is 0.565. The van der Waals surface area contributed by atoms with Gasteiger partial charge in [0.25, 0.3) is 0 Å². The molecule has 0 bridgehead atoms. The second-order valence-corrected chi connectivity index (χ2v) is 4.99. The van der Waals surface area contributed by atoms with Gasteiger partial charge >= 0.3 is 5.69 Å². The summed E-state index contributed by atoms with van der Waals surface area (Å²) < 4.78 is 5.45. The van der Waals surface area contributed by atoms with E-state index in [-0.39, 0.29) is 17.6 Å². The number of para-hydroxylation sites is 1. The average Bonchev–Trinajstić information content (AvgIpc) is 2.41. The number of nitrogens with zero attached hydrogens (tertiary/aromatic N) is 1. The first-order chi connectivity index (χ1) is 9.51. The summed E-state index contributed by atoms with van der Waals surface area (Å²) in [7, 11) is 0. The third-order valence-corrected chi connectivity index (χ3v) is 3.04. The summed E-state index contributed by atoms with van der Waals surface area (Å²) in [6, 6.07) is 5.03. The van der Waals surface area contributed by atoms with Crippen molar-refractivity contribution in [1.29, 1.82) is 0 Å². The molecule has 6 nitrogen and oxygen atoms in total. The molecule has 1 aromatic rings. The van der Waals surface area contributed by atoms with Crippen molar-refractivity contribution in [2.45, 2.75) is 33.2 Å². The second kappa shape index (κ2) is 7.69. The normalized spacial score (nSPS) is 12.2. The molecule has 0 aliphatic rings. The minimum Gasteiger partial charge on any atom is -0.487 e. The first kappa shape index (κ1) is 16.2. The van der Waals surface area contributed by atoms with E-state index in [2.05, 4.69) is 5.32 Å². The van der Waals surface area contributed by atoms with Crippen LogP contribution < -0.4 is 15.8 Å². The number of benzene rings is 1. The molecule has 0 aliphatic heterocycles. The van der Waals surface area contributed by atoms with Crippen LogP contribution in [-0.2, 0) is 0 Å². The van der Waals surface area contributed by atoms with Crippen molar-refractivity contribution in [3.05, 3.63) is 28.3 Å². The van der Waals surface area contributed by atoms with E-state index in [0.29, 0.717) is 24.6 Å². The van der Waals surface area contributed by atoms with E-state index < -0.39 is 4.92 Å². The van der Waals surface area contributed by atoms with Crippen LogP contribution in [0.5, 0.6) is 5.75 Å². The molecule has 0 amide bonds. The van der Waals surface area contributed by atoms with E-state index in [0.717, 1.165) is 6.42 Å². The molecule has 1 aromatic carbocycles. The van der Waals surface area contributed by atoms with Crippen LogP contribution in [0.2, 0.25) is 0 Å². The molecular formula is C14H23N3O3. The van der Waals surface area contributed by atoms with Gasteiger partial charge in [0.15, 0.2) is 5.75 Å². The molecule has 20 heavy (non-hydrogen) atoms. The van der Waals surface area contributed by atoms with Gasteiger partial charge in [-0.05, 0) is 24.5 Å². The molecule has 1 atom stereocenters. The van der Waals surface area contributed by atoms with Crippen LogP contribution in [-0.4, -0.2) is 24.1 Å². The Morgan fingerprint density at radius 1 is 1.45 bits per heavy atom. The Kier molecular flexibility index (Phi) is 6.24. The summed E-state index contributed by atoms with van der Waals surface area (Å²) in [5.41, 5.74) is 6.13. The first-order valence-electron chi connectivity index (χ1n) is 6.88. The van der Waals surface area contributed by atoms with Crippen LogP contribution in [0.4, 0.5) is 11.4 Å². The smallest absolute Gasteiger partial charge is 0.333 e. The highest BCUT2D eigenvalue weighted by molar-refractivity contribution is 5.68. The first-order valence-corrected chi connectivity index (χ1v) is 6.88. The minimum absolute atomic E-state index is 0.0184. The fraction of sp³-hybridized carbons (Fsp3) is 0.571. The highest BCUT2D eigenvalue weighted by Gasteiger charge is 2.23. The Labute approximate surface area is 119 Å². The molecular weight excluding hydrogens is 258 g/mol. The number of nitrogens with one attached hydrogen (secondary N) is 1. The molecule has 1 unspecified atom stereocenters. The monoisotopic (exact) mass is 281 g/mol. The van der Waals surface area contributed by atoms with E-state index in [9.17, 15) is 10.1 Å². The molecule has 0 radical (unpaired) electrons. The molecule has 0 aliphatic carbocycles. The molecule has 3 N–H and O–H groups in total. The molecule has 6 heteroatoms. The van der Waals surface area contributed by atoms with Gasteiger partial charge in [-0.2, -0.15) is 0 Å². The summed E-state index contributed by atoms with van der Waals surface area (Å²) in [4.78, 5) is 10.9. The predicted molar refractivity (Wildman–Crippen MR) is 80.2 cm³/mol. The summed E-state index contributed by atoms with van der Waals surface area (Å²) in [6.45, 7) is 6.86. The number of hydrogen-bond acceptors (Lipinski definition) is 5. The Bertz CT molecular complexity index is 449. The summed E-state index contributed by atoms with van der Waals surface area (Å²) in [6.07, 6.45) is 0.798. The van der Waals surface area contributed by atoms with Gasteiger partial charge in [-0.15, -0.1) is 0 Å². The highest BCUT2D eigenvalue weighted by atomic mass is 16.6. The highest BCUT2D eigenvalue weighted by Crippen LogP contribution is 2.35. The molecule has 0 fully saturated rings. The zero-order valence-electron chi connectivity index (χ0n) is 12.3. The van der Waals surface area contributed by atoms with Crippen LogP contribution in [0.15, 0.2) is 18.2 Å². The summed E-state index contributed by atoms with van der Waals surface area (Å²) in [5.74, 6) is 0.571. The van der Waals surface area contributed by atoms with Crippen LogP contribution in [0.25, 0.3) is 0 Å². The standard InChI is InChI=1S/C14H23N3O3/c1-4-8-20-13-7-5-6-11(14(13)17(18)19)16-12(9-15)10(2)3/h5-7,10,12,16H,4,8-9,15H2,1-3H3. The number of rotatable bonds is 8. The SMILES string of the molecule is CCCOc1cccc(NC(CN)C(C)C)c1[N+](=O)[O-]. The number of nitro benzene ring substituents is 1. The average molecular weight is 281 g/mol. The maximum absolute atomic E-state index is 11.3. The fourth-order valence-electron chi connectivity index (χ4n) is 1.85. The number of nitro groups is 1. The molecule has 0 heterocycles. The largest absolute Gasteiger partial charge is 0.487 e. The lowest BCUT2D eigenvalue weighted by molar-refractivity contribution is -0.385. The third kappa shape index (κ3) is 4.09. The Morgan fingerprint density at radius 2 is 2.15 bits per heavy atom. The van der Waals surface area contributed by atoms with Gasteiger partial charge in [-0.1, -0.05) is 26.8 Å². The Hall–Kier alpha value is -1.82. The summed E-state index contributed by atoms with van der Waals surface area (Å²) in [5, 5.41) is 14.4. The van der Waals surface area contributed by atoms with Gasteiger partial charge < -0.3 is 15.8 Å². The van der Waals surface area contributed by atoms with Crippen LogP contribution in [0, 0.1) is 16.0 Å². The molecule has 0 saturated carbocycles. The van der Waals surface area contributed by atoms with Crippen molar-refractivity contribution in [2.24, 2.45) is 11.7 Å². The number of hydrogen-bond donors (Lipinski definition) is 2. The molecule has 0 saturated heterocycles. The maximum atomic E-state index is 11.3. The number of nitrogens with two attached hydrogens (primary N) is 1. The topological polar surface area (TPSA) is 90.4 Å². The van der Waals surface area contributed by atoms with Crippen molar-refractivity contribution in [1.82, 2.24) is 0 Å². The van der Waals surface area contributed by atoms with Crippen molar-refractivity contribution >= 4 is 11.4 Å². The second-order valence-electron chi connectivity index (χ2n) is 4.99. The van der Waals surface area contributed by atoms with Crippen LogP contribution >= 0.6 is 0 Å². The van der Waals surface area contributed by atoms with Gasteiger partial charge in [0.2, 0.25) is 0 Å². The van der Waals surface area contributed by atoms with E-state index >= 15 is 0 Å². The molecule has 112 valence electrons. The summed E-state index contributed by atoms with van der Waals surface area (Å²) >= 11 is 0. The van der Waals surface area contributed by atoms with Crippen LogP contribution in [0.3, 0.4) is 0 Å².